The van der Waals surface area contributed by atoms with Crippen LogP contribution in [0.3, 0.4) is 0 Å². The molecule has 3 aromatic rings. The van der Waals surface area contributed by atoms with Crippen LogP contribution in [0.15, 0.2) is 55.0 Å². The average molecular weight is 349 g/mol. The number of amides is 1. The number of hydrogen-bond donors (Lipinski definition) is 2. The van der Waals surface area contributed by atoms with E-state index in [-0.39, 0.29) is 11.6 Å². The maximum absolute atomic E-state index is 12.5. The molecule has 0 atom stereocenters. The molecule has 0 bridgehead atoms. The molecule has 1 amide bonds. The number of carbonyl (C=O) groups excluding carboxylic acids is 1. The molecule has 0 aliphatic heterocycles. The zero-order valence-corrected chi connectivity index (χ0v) is 14.6. The number of aromatic nitrogens is 3. The fraction of sp³-hybridized carbons (Fsp3) is 0.158. The lowest BCUT2D eigenvalue weighted by Gasteiger charge is -2.11. The third-order valence-corrected chi connectivity index (χ3v) is 3.69. The largest absolute Gasteiger partial charge is 0.495 e. The van der Waals surface area contributed by atoms with Crippen molar-refractivity contribution in [2.24, 2.45) is 0 Å². The average Bonchev–Trinajstić information content (AvgIpc) is 2.67. The Kier molecular flexibility index (Phi) is 5.38. The molecular formula is C19H19N5O2. The van der Waals surface area contributed by atoms with Gasteiger partial charge < -0.3 is 15.4 Å². The van der Waals surface area contributed by atoms with Crippen LogP contribution in [0.25, 0.3) is 0 Å². The highest BCUT2D eigenvalue weighted by Crippen LogP contribution is 2.25. The highest BCUT2D eigenvalue weighted by molar-refractivity contribution is 6.03. The van der Waals surface area contributed by atoms with E-state index in [1.54, 1.807) is 31.8 Å². The normalized spacial score (nSPS) is 10.2. The Morgan fingerprint density at radius 3 is 2.69 bits per heavy atom. The minimum absolute atomic E-state index is 0.265. The molecular weight excluding hydrogens is 330 g/mol. The van der Waals surface area contributed by atoms with Crippen LogP contribution >= 0.6 is 0 Å². The van der Waals surface area contributed by atoms with Gasteiger partial charge in [-0.25, -0.2) is 9.97 Å². The van der Waals surface area contributed by atoms with E-state index in [1.165, 1.54) is 0 Å². The summed E-state index contributed by atoms with van der Waals surface area (Å²) in [6.07, 6.45) is 4.98. The summed E-state index contributed by atoms with van der Waals surface area (Å²) in [6.45, 7) is 2.49. The Labute approximate surface area is 151 Å². The molecule has 0 radical (unpaired) electrons. The number of hydrogen-bond acceptors (Lipinski definition) is 6. The van der Waals surface area contributed by atoms with Crippen molar-refractivity contribution in [1.29, 1.82) is 0 Å². The van der Waals surface area contributed by atoms with Crippen molar-refractivity contribution in [1.82, 2.24) is 15.0 Å². The zero-order valence-electron chi connectivity index (χ0n) is 14.6. The second-order valence-corrected chi connectivity index (χ2v) is 5.63. The molecule has 2 heterocycles. The van der Waals surface area contributed by atoms with E-state index in [9.17, 15) is 4.79 Å². The topological polar surface area (TPSA) is 89.0 Å². The molecule has 0 saturated heterocycles. The van der Waals surface area contributed by atoms with Crippen molar-refractivity contribution < 1.29 is 9.53 Å². The van der Waals surface area contributed by atoms with Crippen molar-refractivity contribution >= 4 is 17.5 Å². The van der Waals surface area contributed by atoms with Gasteiger partial charge in [-0.1, -0.05) is 6.07 Å². The van der Waals surface area contributed by atoms with E-state index in [0.29, 0.717) is 23.9 Å². The van der Waals surface area contributed by atoms with E-state index in [1.807, 2.05) is 37.3 Å². The van der Waals surface area contributed by atoms with Gasteiger partial charge in [-0.3, -0.25) is 9.78 Å². The molecule has 2 aromatic heterocycles. The number of methoxy groups -OCH3 is 1. The first-order valence-electron chi connectivity index (χ1n) is 8.07. The zero-order chi connectivity index (χ0) is 18.4. The molecule has 7 heteroatoms. The summed E-state index contributed by atoms with van der Waals surface area (Å²) in [6, 6.07) is 10.9. The van der Waals surface area contributed by atoms with Gasteiger partial charge in [0.1, 0.15) is 11.4 Å². The second kappa shape index (κ2) is 8.06. The van der Waals surface area contributed by atoms with Gasteiger partial charge in [0.25, 0.3) is 5.91 Å². The van der Waals surface area contributed by atoms with Crippen LogP contribution < -0.4 is 15.4 Å². The third kappa shape index (κ3) is 4.32. The maximum Gasteiger partial charge on any atom is 0.274 e. The molecule has 2 N–H and O–H groups in total. The number of pyridine rings is 1. The summed E-state index contributed by atoms with van der Waals surface area (Å²) >= 11 is 0. The van der Waals surface area contributed by atoms with Gasteiger partial charge in [-0.05, 0) is 48.4 Å². The highest BCUT2D eigenvalue weighted by Gasteiger charge is 2.12. The van der Waals surface area contributed by atoms with Gasteiger partial charge >= 0.3 is 0 Å². The third-order valence-electron chi connectivity index (χ3n) is 3.69. The standard InChI is InChI=1S/C19H19N5O2/c1-13-3-4-17(26-2)16(11-13)23-18(25)15-7-10-21-19(24-15)22-12-14-5-8-20-9-6-14/h3-11H,12H2,1-2H3,(H,23,25)(H,21,22,24). The second-order valence-electron chi connectivity index (χ2n) is 5.63. The molecule has 0 saturated carbocycles. The van der Waals surface area contributed by atoms with Crippen LogP contribution in [0.4, 0.5) is 11.6 Å². The van der Waals surface area contributed by atoms with Crippen LogP contribution in [0, 0.1) is 6.92 Å². The SMILES string of the molecule is COc1ccc(C)cc1NC(=O)c1ccnc(NCc2ccncc2)n1. The smallest absolute Gasteiger partial charge is 0.274 e. The number of ether oxygens (including phenoxy) is 1. The first-order chi connectivity index (χ1) is 12.7. The van der Waals surface area contributed by atoms with Gasteiger partial charge in [0.15, 0.2) is 0 Å². The fourth-order valence-corrected chi connectivity index (χ4v) is 2.36. The van der Waals surface area contributed by atoms with Crippen molar-refractivity contribution in [2.75, 3.05) is 17.7 Å². The van der Waals surface area contributed by atoms with Gasteiger partial charge in [0.05, 0.1) is 12.8 Å². The number of benzene rings is 1. The van der Waals surface area contributed by atoms with Crippen molar-refractivity contribution in [3.05, 3.63) is 71.8 Å². The summed E-state index contributed by atoms with van der Waals surface area (Å²) < 4.78 is 5.28. The molecule has 0 aliphatic carbocycles. The fourth-order valence-electron chi connectivity index (χ4n) is 2.36. The van der Waals surface area contributed by atoms with Gasteiger partial charge in [-0.2, -0.15) is 0 Å². The van der Waals surface area contributed by atoms with E-state index < -0.39 is 0 Å². The van der Waals surface area contributed by atoms with Crippen molar-refractivity contribution in [3.63, 3.8) is 0 Å². The lowest BCUT2D eigenvalue weighted by atomic mass is 10.2. The predicted molar refractivity (Wildman–Crippen MR) is 99.3 cm³/mol. The number of nitrogens with one attached hydrogen (secondary N) is 2. The van der Waals surface area contributed by atoms with E-state index in [0.717, 1.165) is 11.1 Å². The summed E-state index contributed by atoms with van der Waals surface area (Å²) in [5.74, 6) is 0.642. The predicted octanol–water partition coefficient (Wildman–Crippen LogP) is 3.05. The number of aryl methyl sites for hydroxylation is 1. The van der Waals surface area contributed by atoms with Crippen LogP contribution in [0.2, 0.25) is 0 Å². The molecule has 26 heavy (non-hydrogen) atoms. The molecule has 132 valence electrons. The Balaban J connectivity index is 1.71. The number of carbonyl (C=O) groups is 1. The molecule has 1 aromatic carbocycles. The van der Waals surface area contributed by atoms with Gasteiger partial charge in [0.2, 0.25) is 5.95 Å². The molecule has 7 nitrogen and oxygen atoms in total. The molecule has 0 fully saturated rings. The van der Waals surface area contributed by atoms with Crippen LogP contribution in [0.5, 0.6) is 5.75 Å². The van der Waals surface area contributed by atoms with Crippen molar-refractivity contribution in [2.45, 2.75) is 13.5 Å². The minimum Gasteiger partial charge on any atom is -0.495 e. The summed E-state index contributed by atoms with van der Waals surface area (Å²) in [4.78, 5) is 24.9. The highest BCUT2D eigenvalue weighted by atomic mass is 16.5. The Morgan fingerprint density at radius 2 is 1.92 bits per heavy atom. The molecule has 0 unspecified atom stereocenters. The number of nitrogens with zero attached hydrogens (tertiary/aromatic N) is 3. The van der Waals surface area contributed by atoms with Crippen LogP contribution in [0.1, 0.15) is 21.6 Å². The summed E-state index contributed by atoms with van der Waals surface area (Å²) in [5.41, 5.74) is 2.93. The Morgan fingerprint density at radius 1 is 1.12 bits per heavy atom. The lowest BCUT2D eigenvalue weighted by Crippen LogP contribution is -2.16. The Hall–Kier alpha value is -3.48. The molecule has 0 aliphatic rings. The van der Waals surface area contributed by atoms with Crippen molar-refractivity contribution in [3.8, 4) is 5.75 Å². The first kappa shape index (κ1) is 17.3. The van der Waals surface area contributed by atoms with E-state index in [2.05, 4.69) is 25.6 Å². The summed E-state index contributed by atoms with van der Waals surface area (Å²) in [7, 11) is 1.56. The van der Waals surface area contributed by atoms with E-state index in [4.69, 9.17) is 4.74 Å². The maximum atomic E-state index is 12.5. The van der Waals surface area contributed by atoms with Gasteiger partial charge in [-0.15, -0.1) is 0 Å². The summed E-state index contributed by atoms with van der Waals surface area (Å²) in [5, 5.41) is 5.93. The molecule has 3 rings (SSSR count). The van der Waals surface area contributed by atoms with Crippen LogP contribution in [-0.4, -0.2) is 28.0 Å². The quantitative estimate of drug-likeness (QED) is 0.711. The number of rotatable bonds is 6. The van der Waals surface area contributed by atoms with E-state index >= 15 is 0 Å². The monoisotopic (exact) mass is 349 g/mol. The minimum atomic E-state index is -0.330. The Bertz CT molecular complexity index is 899. The molecule has 0 spiro atoms. The lowest BCUT2D eigenvalue weighted by molar-refractivity contribution is 0.102. The number of anilines is 2. The first-order valence-corrected chi connectivity index (χ1v) is 8.07. The van der Waals surface area contributed by atoms with Gasteiger partial charge in [0, 0.05) is 25.1 Å². The van der Waals surface area contributed by atoms with Crippen LogP contribution in [-0.2, 0) is 6.54 Å².